The molecule has 0 saturated carbocycles. The number of likely N-dealkylation sites (tertiary alicyclic amines) is 1. The van der Waals surface area contributed by atoms with Gasteiger partial charge < -0.3 is 33.7 Å². The molecule has 0 bridgehead atoms. The van der Waals surface area contributed by atoms with Gasteiger partial charge in [-0.3, -0.25) is 9.59 Å². The van der Waals surface area contributed by atoms with Gasteiger partial charge in [0.1, 0.15) is 24.7 Å². The fourth-order valence-corrected chi connectivity index (χ4v) is 4.69. The number of Topliss-reactive ketones (excluding diaryl/α,β-unsaturated/α-hetero) is 1. The summed E-state index contributed by atoms with van der Waals surface area (Å²) < 4.78 is 27.3. The summed E-state index contributed by atoms with van der Waals surface area (Å²) in [4.78, 5) is 28.2. The van der Waals surface area contributed by atoms with Crippen molar-refractivity contribution in [2.45, 2.75) is 12.6 Å². The summed E-state index contributed by atoms with van der Waals surface area (Å²) in [5.74, 6) is 0.780. The number of fused-ring (bicyclic) bond motifs is 1. The minimum absolute atomic E-state index is 0.0348. The van der Waals surface area contributed by atoms with E-state index in [9.17, 15) is 14.7 Å². The highest BCUT2D eigenvalue weighted by molar-refractivity contribution is 6.46. The molecule has 0 spiro atoms. The topological polar surface area (TPSA) is 104 Å². The van der Waals surface area contributed by atoms with E-state index in [1.807, 2.05) is 12.1 Å². The van der Waals surface area contributed by atoms with Crippen LogP contribution in [0.2, 0.25) is 0 Å². The second-order valence-electron chi connectivity index (χ2n) is 8.75. The van der Waals surface area contributed by atoms with E-state index in [2.05, 4.69) is 0 Å². The second kappa shape index (κ2) is 10.4. The van der Waals surface area contributed by atoms with Crippen molar-refractivity contribution in [2.24, 2.45) is 0 Å². The zero-order valence-electron chi connectivity index (χ0n) is 21.2. The normalized spacial score (nSPS) is 17.9. The van der Waals surface area contributed by atoms with Crippen LogP contribution in [-0.4, -0.2) is 56.2 Å². The van der Waals surface area contributed by atoms with E-state index in [0.29, 0.717) is 53.1 Å². The molecule has 2 heterocycles. The summed E-state index contributed by atoms with van der Waals surface area (Å²) in [6, 6.07) is 16.4. The van der Waals surface area contributed by atoms with E-state index in [1.165, 1.54) is 19.1 Å². The number of carbonyl (C=O) groups is 2. The van der Waals surface area contributed by atoms with Crippen LogP contribution in [0, 0.1) is 0 Å². The van der Waals surface area contributed by atoms with Gasteiger partial charge in [0.25, 0.3) is 11.7 Å². The Morgan fingerprint density at radius 3 is 2.26 bits per heavy atom. The molecule has 2 aliphatic heterocycles. The highest BCUT2D eigenvalue weighted by Gasteiger charge is 2.46. The molecule has 1 atom stereocenters. The summed E-state index contributed by atoms with van der Waals surface area (Å²) >= 11 is 0. The van der Waals surface area contributed by atoms with Crippen LogP contribution in [0.4, 0.5) is 0 Å². The molecule has 0 aromatic heterocycles. The van der Waals surface area contributed by atoms with Crippen molar-refractivity contribution in [3.8, 4) is 28.7 Å². The zero-order chi connectivity index (χ0) is 26.8. The van der Waals surface area contributed by atoms with Crippen LogP contribution in [0.25, 0.3) is 5.76 Å². The first-order valence-corrected chi connectivity index (χ1v) is 12.0. The minimum Gasteiger partial charge on any atom is -0.507 e. The number of benzene rings is 3. The van der Waals surface area contributed by atoms with Crippen molar-refractivity contribution in [1.82, 2.24) is 4.90 Å². The second-order valence-corrected chi connectivity index (χ2v) is 8.75. The first kappa shape index (κ1) is 25.0. The molecule has 9 nitrogen and oxygen atoms in total. The predicted octanol–water partition coefficient (Wildman–Crippen LogP) is 4.11. The van der Waals surface area contributed by atoms with Gasteiger partial charge in [-0.25, -0.2) is 0 Å². The SMILES string of the molecule is COc1ccc(CN2C(=O)C(=O)/C(=C(/O)c3ccc4c(c3)OCCO4)C2c2ccc(OC)c(OC)c2)cc1. The van der Waals surface area contributed by atoms with Crippen LogP contribution in [0.15, 0.2) is 66.2 Å². The molecule has 5 rings (SSSR count). The van der Waals surface area contributed by atoms with Crippen molar-refractivity contribution in [3.05, 3.63) is 82.9 Å². The number of rotatable bonds is 7. The average molecular weight is 518 g/mol. The molecule has 3 aromatic rings. The first-order chi connectivity index (χ1) is 18.4. The number of hydrogen-bond acceptors (Lipinski definition) is 8. The fourth-order valence-electron chi connectivity index (χ4n) is 4.69. The number of amides is 1. The van der Waals surface area contributed by atoms with Crippen molar-refractivity contribution in [3.63, 3.8) is 0 Å². The van der Waals surface area contributed by atoms with Gasteiger partial charge >= 0.3 is 0 Å². The highest BCUT2D eigenvalue weighted by atomic mass is 16.6. The van der Waals surface area contributed by atoms with E-state index in [0.717, 1.165) is 5.56 Å². The maximum absolute atomic E-state index is 13.4. The zero-order valence-corrected chi connectivity index (χ0v) is 21.2. The number of aliphatic hydroxyl groups is 1. The molecule has 196 valence electrons. The molecular weight excluding hydrogens is 490 g/mol. The van der Waals surface area contributed by atoms with Gasteiger partial charge in [0.05, 0.1) is 32.9 Å². The Morgan fingerprint density at radius 1 is 0.868 bits per heavy atom. The Balaban J connectivity index is 1.63. The Bertz CT molecular complexity index is 1410. The lowest BCUT2D eigenvalue weighted by Gasteiger charge is -2.26. The highest BCUT2D eigenvalue weighted by Crippen LogP contribution is 2.43. The molecule has 1 N–H and O–H groups in total. The number of hydrogen-bond donors (Lipinski definition) is 1. The third-order valence-electron chi connectivity index (χ3n) is 6.59. The third kappa shape index (κ3) is 4.47. The van der Waals surface area contributed by atoms with Crippen LogP contribution in [0.3, 0.4) is 0 Å². The molecule has 9 heteroatoms. The number of aliphatic hydroxyl groups excluding tert-OH is 1. The standard InChI is InChI=1S/C29H27NO8/c1-34-20-8-4-17(5-9-20)16-30-26(18-6-10-21(35-2)23(14-18)36-3)25(28(32)29(30)33)27(31)19-7-11-22-24(15-19)38-13-12-37-22/h4-11,14-15,26,31H,12-13,16H2,1-3H3/b27-25+. The van der Waals surface area contributed by atoms with Gasteiger partial charge in [-0.2, -0.15) is 0 Å². The van der Waals surface area contributed by atoms with Crippen LogP contribution >= 0.6 is 0 Å². The van der Waals surface area contributed by atoms with E-state index >= 15 is 0 Å². The summed E-state index contributed by atoms with van der Waals surface area (Å²) in [5, 5.41) is 11.4. The van der Waals surface area contributed by atoms with E-state index in [1.54, 1.807) is 55.6 Å². The number of ether oxygens (including phenoxy) is 5. The largest absolute Gasteiger partial charge is 0.507 e. The van der Waals surface area contributed by atoms with Crippen LogP contribution in [0.5, 0.6) is 28.7 Å². The summed E-state index contributed by atoms with van der Waals surface area (Å²) in [7, 11) is 4.60. The van der Waals surface area contributed by atoms with Crippen molar-refractivity contribution < 1.29 is 38.4 Å². The van der Waals surface area contributed by atoms with E-state index in [4.69, 9.17) is 23.7 Å². The predicted molar refractivity (Wildman–Crippen MR) is 138 cm³/mol. The monoisotopic (exact) mass is 517 g/mol. The molecular formula is C29H27NO8. The van der Waals surface area contributed by atoms with Crippen LogP contribution in [-0.2, 0) is 16.1 Å². The molecule has 1 saturated heterocycles. The molecule has 3 aromatic carbocycles. The van der Waals surface area contributed by atoms with Gasteiger partial charge in [0, 0.05) is 12.1 Å². The third-order valence-corrected chi connectivity index (χ3v) is 6.59. The number of carbonyl (C=O) groups excluding carboxylic acids is 2. The molecule has 2 aliphatic rings. The Kier molecular flexibility index (Phi) is 6.83. The minimum atomic E-state index is -0.884. The molecule has 1 unspecified atom stereocenters. The molecule has 38 heavy (non-hydrogen) atoms. The van der Waals surface area contributed by atoms with Crippen LogP contribution < -0.4 is 23.7 Å². The summed E-state index contributed by atoms with van der Waals surface area (Å²) in [5.41, 5.74) is 1.67. The van der Waals surface area contributed by atoms with Gasteiger partial charge in [0.2, 0.25) is 0 Å². The Labute approximate surface area is 219 Å². The first-order valence-electron chi connectivity index (χ1n) is 12.0. The smallest absolute Gasteiger partial charge is 0.295 e. The lowest BCUT2D eigenvalue weighted by atomic mass is 9.94. The average Bonchev–Trinajstić information content (AvgIpc) is 3.21. The molecule has 1 amide bonds. The van der Waals surface area contributed by atoms with Gasteiger partial charge in [-0.15, -0.1) is 0 Å². The van der Waals surface area contributed by atoms with Gasteiger partial charge in [-0.1, -0.05) is 18.2 Å². The lowest BCUT2D eigenvalue weighted by molar-refractivity contribution is -0.140. The lowest BCUT2D eigenvalue weighted by Crippen LogP contribution is -2.29. The number of ketones is 1. The Morgan fingerprint density at radius 2 is 1.58 bits per heavy atom. The molecule has 0 aliphatic carbocycles. The van der Waals surface area contributed by atoms with Crippen molar-refractivity contribution in [1.29, 1.82) is 0 Å². The van der Waals surface area contributed by atoms with Gasteiger partial charge in [0.15, 0.2) is 23.0 Å². The summed E-state index contributed by atoms with van der Waals surface area (Å²) in [6.07, 6.45) is 0. The number of nitrogens with zero attached hydrogens (tertiary/aromatic N) is 1. The van der Waals surface area contributed by atoms with Crippen molar-refractivity contribution in [2.75, 3.05) is 34.5 Å². The molecule has 0 radical (unpaired) electrons. The fraction of sp³-hybridized carbons (Fsp3) is 0.241. The summed E-state index contributed by atoms with van der Waals surface area (Å²) in [6.45, 7) is 0.925. The maximum atomic E-state index is 13.4. The van der Waals surface area contributed by atoms with Crippen LogP contribution in [0.1, 0.15) is 22.7 Å². The Hall–Kier alpha value is -4.66. The maximum Gasteiger partial charge on any atom is 0.295 e. The quantitative estimate of drug-likeness (QED) is 0.284. The van der Waals surface area contributed by atoms with E-state index < -0.39 is 17.7 Å². The van der Waals surface area contributed by atoms with Gasteiger partial charge in [-0.05, 0) is 53.6 Å². The van der Waals surface area contributed by atoms with Crippen molar-refractivity contribution >= 4 is 17.4 Å². The van der Waals surface area contributed by atoms with E-state index in [-0.39, 0.29) is 17.9 Å². The number of methoxy groups -OCH3 is 3. The molecule has 1 fully saturated rings.